The highest BCUT2D eigenvalue weighted by molar-refractivity contribution is 6.15. The lowest BCUT2D eigenvalue weighted by Crippen LogP contribution is -2.31. The number of Topliss-reactive ketones (excluding diaryl/α,β-unsaturated/α-hetero) is 1. The van der Waals surface area contributed by atoms with Gasteiger partial charge in [0.2, 0.25) is 5.78 Å². The van der Waals surface area contributed by atoms with Crippen molar-refractivity contribution in [2.45, 2.75) is 13.1 Å². The molecule has 33 heavy (non-hydrogen) atoms. The number of ether oxygens (including phenoxy) is 4. The third-order valence-corrected chi connectivity index (χ3v) is 5.71. The average Bonchev–Trinajstić information content (AvgIpc) is 3.16. The molecular formula is C26H22FNO5. The molecule has 0 aromatic heterocycles. The lowest BCUT2D eigenvalue weighted by Gasteiger charge is -2.29. The number of carbonyl (C=O) groups is 1. The summed E-state index contributed by atoms with van der Waals surface area (Å²) >= 11 is 0. The Morgan fingerprint density at radius 1 is 1.03 bits per heavy atom. The van der Waals surface area contributed by atoms with E-state index in [1.165, 1.54) is 12.1 Å². The Balaban J connectivity index is 1.41. The Morgan fingerprint density at radius 3 is 2.58 bits per heavy atom. The minimum atomic E-state index is -0.266. The molecule has 0 spiro atoms. The Bertz CT molecular complexity index is 1250. The molecule has 0 saturated carbocycles. The fourth-order valence-corrected chi connectivity index (χ4v) is 4.05. The van der Waals surface area contributed by atoms with Crippen LogP contribution in [0, 0.1) is 5.82 Å². The van der Waals surface area contributed by atoms with Crippen LogP contribution >= 0.6 is 0 Å². The van der Waals surface area contributed by atoms with Crippen LogP contribution in [-0.2, 0) is 13.1 Å². The van der Waals surface area contributed by atoms with E-state index < -0.39 is 0 Å². The smallest absolute Gasteiger partial charge is 0.231 e. The number of hydrogen-bond acceptors (Lipinski definition) is 6. The van der Waals surface area contributed by atoms with Crippen molar-refractivity contribution >= 4 is 11.9 Å². The van der Waals surface area contributed by atoms with Gasteiger partial charge in [0.15, 0.2) is 17.3 Å². The zero-order valence-electron chi connectivity index (χ0n) is 18.3. The number of nitrogens with zero attached hydrogens (tertiary/aromatic N) is 1. The summed E-state index contributed by atoms with van der Waals surface area (Å²) in [6.07, 6.45) is 1.69. The van der Waals surface area contributed by atoms with E-state index in [-0.39, 0.29) is 17.4 Å². The van der Waals surface area contributed by atoms with Gasteiger partial charge in [0.25, 0.3) is 0 Å². The first-order valence-corrected chi connectivity index (χ1v) is 10.5. The number of allylic oxidation sites excluding steroid dienone is 1. The summed E-state index contributed by atoms with van der Waals surface area (Å²) in [5.41, 5.74) is 3.06. The highest BCUT2D eigenvalue weighted by Gasteiger charge is 2.33. The topological polar surface area (TPSA) is 57.2 Å². The predicted molar refractivity (Wildman–Crippen MR) is 120 cm³/mol. The molecule has 3 aromatic rings. The van der Waals surface area contributed by atoms with Crippen molar-refractivity contribution in [3.8, 4) is 23.0 Å². The third-order valence-electron chi connectivity index (χ3n) is 5.71. The number of fused-ring (bicyclic) bond motifs is 3. The van der Waals surface area contributed by atoms with E-state index >= 15 is 0 Å². The van der Waals surface area contributed by atoms with Gasteiger partial charge in [-0.3, -0.25) is 9.69 Å². The molecule has 0 saturated heterocycles. The molecule has 6 nitrogen and oxygen atoms in total. The summed E-state index contributed by atoms with van der Waals surface area (Å²) in [7, 11) is 3.13. The van der Waals surface area contributed by atoms with E-state index in [2.05, 4.69) is 4.90 Å². The third kappa shape index (κ3) is 4.03. The van der Waals surface area contributed by atoms with E-state index in [9.17, 15) is 9.18 Å². The van der Waals surface area contributed by atoms with Crippen molar-refractivity contribution in [3.05, 3.63) is 88.4 Å². The van der Waals surface area contributed by atoms with Gasteiger partial charge in [-0.15, -0.1) is 0 Å². The van der Waals surface area contributed by atoms with Crippen molar-refractivity contribution in [3.63, 3.8) is 0 Å². The normalized spacial score (nSPS) is 16.1. The van der Waals surface area contributed by atoms with E-state index in [0.29, 0.717) is 48.4 Å². The molecule has 0 N–H and O–H groups in total. The molecule has 0 fully saturated rings. The van der Waals surface area contributed by atoms with Crippen molar-refractivity contribution in [1.82, 2.24) is 4.90 Å². The summed E-state index contributed by atoms with van der Waals surface area (Å²) in [5.74, 6) is 2.18. The first-order chi connectivity index (χ1) is 16.1. The van der Waals surface area contributed by atoms with Crippen LogP contribution in [0.25, 0.3) is 6.08 Å². The van der Waals surface area contributed by atoms with Crippen molar-refractivity contribution < 1.29 is 28.1 Å². The maximum Gasteiger partial charge on any atom is 0.231 e. The van der Waals surface area contributed by atoms with Gasteiger partial charge in [-0.25, -0.2) is 4.39 Å². The molecule has 0 amide bonds. The summed E-state index contributed by atoms with van der Waals surface area (Å²) in [5, 5.41) is 0. The molecule has 2 aliphatic rings. The van der Waals surface area contributed by atoms with Crippen LogP contribution in [-0.4, -0.2) is 31.6 Å². The quantitative estimate of drug-likeness (QED) is 0.523. The minimum Gasteiger partial charge on any atom is -0.493 e. The number of hydrogen-bond donors (Lipinski definition) is 0. The molecule has 3 aromatic carbocycles. The summed E-state index contributed by atoms with van der Waals surface area (Å²) < 4.78 is 35.8. The second-order valence-corrected chi connectivity index (χ2v) is 7.86. The van der Waals surface area contributed by atoms with E-state index in [4.69, 9.17) is 18.9 Å². The van der Waals surface area contributed by atoms with Gasteiger partial charge in [-0.1, -0.05) is 18.2 Å². The second kappa shape index (κ2) is 8.60. The van der Waals surface area contributed by atoms with Crippen LogP contribution < -0.4 is 18.9 Å². The molecule has 168 valence electrons. The first-order valence-electron chi connectivity index (χ1n) is 10.5. The zero-order valence-corrected chi connectivity index (χ0v) is 18.3. The van der Waals surface area contributed by atoms with Gasteiger partial charge >= 0.3 is 0 Å². The standard InChI is InChI=1S/C26H22FNO5/c1-30-22-9-5-17(11-23(22)31-2)12-24-25(29)19-8-10-21-20(26(19)33-24)14-28(15-32-21)13-16-3-6-18(27)7-4-16/h3-12H,13-15H2,1-2H3/b24-12-. The summed E-state index contributed by atoms with van der Waals surface area (Å²) in [6, 6.07) is 15.3. The van der Waals surface area contributed by atoms with Gasteiger partial charge in [0, 0.05) is 13.1 Å². The SMILES string of the molecule is COc1ccc(/C=C2\Oc3c(ccc4c3CN(Cc3ccc(F)cc3)CO4)C2=O)cc1OC. The number of carbonyl (C=O) groups excluding carboxylic acids is 1. The molecule has 2 aliphatic heterocycles. The highest BCUT2D eigenvalue weighted by Crippen LogP contribution is 2.42. The van der Waals surface area contributed by atoms with E-state index in [0.717, 1.165) is 16.7 Å². The number of rotatable bonds is 5. The summed E-state index contributed by atoms with van der Waals surface area (Å²) in [6.45, 7) is 1.53. The lowest BCUT2D eigenvalue weighted by atomic mass is 10.0. The molecule has 0 atom stereocenters. The first kappa shape index (κ1) is 21.0. The Morgan fingerprint density at radius 2 is 1.82 bits per heavy atom. The number of benzene rings is 3. The Hall–Kier alpha value is -3.84. The molecular weight excluding hydrogens is 425 g/mol. The van der Waals surface area contributed by atoms with Crippen molar-refractivity contribution in [2.75, 3.05) is 21.0 Å². The number of methoxy groups -OCH3 is 2. The summed E-state index contributed by atoms with van der Waals surface area (Å²) in [4.78, 5) is 15.1. The molecule has 5 rings (SSSR count). The van der Waals surface area contributed by atoms with E-state index in [1.807, 2.05) is 12.1 Å². The van der Waals surface area contributed by atoms with Crippen LogP contribution in [0.4, 0.5) is 4.39 Å². The Labute approximate surface area is 190 Å². The van der Waals surface area contributed by atoms with E-state index in [1.54, 1.807) is 50.6 Å². The zero-order chi connectivity index (χ0) is 22.9. The van der Waals surface area contributed by atoms with Gasteiger partial charge in [0.05, 0.1) is 25.3 Å². The van der Waals surface area contributed by atoms with Crippen LogP contribution in [0.15, 0.2) is 60.4 Å². The van der Waals surface area contributed by atoms with Crippen molar-refractivity contribution in [1.29, 1.82) is 0 Å². The largest absolute Gasteiger partial charge is 0.493 e. The van der Waals surface area contributed by atoms with Gasteiger partial charge in [-0.2, -0.15) is 0 Å². The molecule has 7 heteroatoms. The second-order valence-electron chi connectivity index (χ2n) is 7.86. The molecule has 0 radical (unpaired) electrons. The van der Waals surface area contributed by atoms with Gasteiger partial charge < -0.3 is 18.9 Å². The van der Waals surface area contributed by atoms with Crippen LogP contribution in [0.2, 0.25) is 0 Å². The molecule has 0 aliphatic carbocycles. The minimum absolute atomic E-state index is 0.182. The fraction of sp³-hybridized carbons (Fsp3) is 0.192. The maximum atomic E-state index is 13.2. The van der Waals surface area contributed by atoms with Crippen molar-refractivity contribution in [2.24, 2.45) is 0 Å². The van der Waals surface area contributed by atoms with Crippen LogP contribution in [0.5, 0.6) is 23.0 Å². The van der Waals surface area contributed by atoms with Gasteiger partial charge in [-0.05, 0) is 53.6 Å². The van der Waals surface area contributed by atoms with Crippen LogP contribution in [0.3, 0.4) is 0 Å². The highest BCUT2D eigenvalue weighted by atomic mass is 19.1. The number of halogens is 1. The maximum absolute atomic E-state index is 13.2. The Kier molecular flexibility index (Phi) is 5.48. The van der Waals surface area contributed by atoms with Crippen LogP contribution in [0.1, 0.15) is 27.0 Å². The lowest BCUT2D eigenvalue weighted by molar-refractivity contribution is 0.0872. The fourth-order valence-electron chi connectivity index (χ4n) is 4.05. The van der Waals surface area contributed by atoms with Gasteiger partial charge in [0.1, 0.15) is 24.0 Å². The number of ketones is 1. The predicted octanol–water partition coefficient (Wildman–Crippen LogP) is 4.81. The average molecular weight is 447 g/mol. The monoisotopic (exact) mass is 447 g/mol. The molecule has 2 heterocycles. The molecule has 0 unspecified atom stereocenters. The molecule has 0 bridgehead atoms.